The summed E-state index contributed by atoms with van der Waals surface area (Å²) in [6.45, 7) is -1.04. The largest absolute Gasteiger partial charge is 0.394 e. The number of esters is 1. The van der Waals surface area contributed by atoms with Gasteiger partial charge in [-0.1, -0.05) is 0 Å². The number of aliphatic hydroxyl groups excluding tert-OH is 2. The Morgan fingerprint density at radius 1 is 1.58 bits per heavy atom. The molecule has 0 radical (unpaired) electrons. The molecule has 0 aliphatic rings. The fourth-order valence-electron chi connectivity index (χ4n) is 0.419. The Morgan fingerprint density at radius 2 is 2.25 bits per heavy atom. The van der Waals surface area contributed by atoms with Crippen molar-refractivity contribution in [3.63, 3.8) is 0 Å². The van der Waals surface area contributed by atoms with E-state index in [0.717, 1.165) is 0 Å². The van der Waals surface area contributed by atoms with Crippen LogP contribution in [0.15, 0.2) is 0 Å². The van der Waals surface area contributed by atoms with E-state index in [1.807, 2.05) is 0 Å². The van der Waals surface area contributed by atoms with Gasteiger partial charge in [-0.05, 0) is 0 Å². The van der Waals surface area contributed by atoms with Gasteiger partial charge >= 0.3 is 12.4 Å². The van der Waals surface area contributed by atoms with Gasteiger partial charge in [0.05, 0.1) is 13.2 Å². The van der Waals surface area contributed by atoms with Crippen LogP contribution in [0.1, 0.15) is 0 Å². The summed E-state index contributed by atoms with van der Waals surface area (Å²) < 4.78 is 8.43. The van der Waals surface area contributed by atoms with Crippen LogP contribution in [-0.4, -0.2) is 48.6 Å². The molecule has 1 unspecified atom stereocenters. The highest BCUT2D eigenvalue weighted by Crippen LogP contribution is 1.84. The summed E-state index contributed by atoms with van der Waals surface area (Å²) in [4.78, 5) is 20.0. The lowest BCUT2D eigenvalue weighted by Gasteiger charge is -2.05. The molecule has 0 aromatic rings. The molecule has 12 heavy (non-hydrogen) atoms. The highest BCUT2D eigenvalue weighted by molar-refractivity contribution is 5.77. The molecule has 0 bridgehead atoms. The van der Waals surface area contributed by atoms with Gasteiger partial charge in [0.2, 0.25) is 0 Å². The van der Waals surface area contributed by atoms with Crippen LogP contribution in [0.2, 0.25) is 0 Å². The van der Waals surface area contributed by atoms with Gasteiger partial charge in [0.15, 0.2) is 0 Å². The zero-order valence-electron chi connectivity index (χ0n) is 6.30. The summed E-state index contributed by atoms with van der Waals surface area (Å²) >= 11 is 0. The smallest absolute Gasteiger partial charge is 0.339 e. The molecule has 1 atom stereocenters. The molecule has 6 heteroatoms. The minimum Gasteiger partial charge on any atom is -0.394 e. The Morgan fingerprint density at radius 3 is 2.75 bits per heavy atom. The lowest BCUT2D eigenvalue weighted by Crippen LogP contribution is -2.22. The number of hydrogen-bond donors (Lipinski definition) is 2. The summed E-state index contributed by atoms with van der Waals surface area (Å²) in [5, 5.41) is 17.0. The molecule has 0 heterocycles. The van der Waals surface area contributed by atoms with Crippen molar-refractivity contribution in [2.24, 2.45) is 0 Å². The summed E-state index contributed by atoms with van der Waals surface area (Å²) in [6.07, 6.45) is -1.02. The van der Waals surface area contributed by atoms with Crippen LogP contribution < -0.4 is 0 Å². The first kappa shape index (κ1) is 11.0. The summed E-state index contributed by atoms with van der Waals surface area (Å²) in [6, 6.07) is 0. The van der Waals surface area contributed by atoms with Crippen LogP contribution in [0.4, 0.5) is 0 Å². The van der Waals surface area contributed by atoms with Crippen molar-refractivity contribution in [3.05, 3.63) is 0 Å². The van der Waals surface area contributed by atoms with E-state index in [2.05, 4.69) is 9.47 Å². The van der Waals surface area contributed by atoms with Crippen LogP contribution in [0.5, 0.6) is 0 Å². The molecule has 0 aromatic carbocycles. The highest BCUT2D eigenvalue weighted by atomic mass is 16.6. The van der Waals surface area contributed by atoms with Crippen molar-refractivity contribution < 1.29 is 29.3 Å². The third kappa shape index (κ3) is 5.78. The zero-order valence-corrected chi connectivity index (χ0v) is 6.30. The van der Waals surface area contributed by atoms with Gasteiger partial charge in [-0.2, -0.15) is 0 Å². The average Bonchev–Trinajstić information content (AvgIpc) is 2.04. The number of hydrogen-bond acceptors (Lipinski definition) is 6. The van der Waals surface area contributed by atoms with Crippen molar-refractivity contribution in [3.8, 4) is 0 Å². The molecule has 0 fully saturated rings. The minimum atomic E-state index is -1.02. The van der Waals surface area contributed by atoms with Gasteiger partial charge in [-0.15, -0.1) is 0 Å². The summed E-state index contributed by atoms with van der Waals surface area (Å²) in [5.41, 5.74) is 0. The van der Waals surface area contributed by atoms with E-state index in [4.69, 9.17) is 10.2 Å². The number of carbonyl (C=O) groups is 2. The predicted octanol–water partition coefficient (Wildman–Crippen LogP) is -1.94. The SMILES string of the molecule is O=COC(=O)COCC(O)CO. The molecule has 2 N–H and O–H groups in total. The molecule has 70 valence electrons. The van der Waals surface area contributed by atoms with E-state index < -0.39 is 25.3 Å². The van der Waals surface area contributed by atoms with Gasteiger partial charge in [0.1, 0.15) is 12.7 Å². The van der Waals surface area contributed by atoms with Gasteiger partial charge in [0, 0.05) is 0 Å². The van der Waals surface area contributed by atoms with E-state index in [1.54, 1.807) is 0 Å². The average molecular weight is 178 g/mol. The Balaban J connectivity index is 3.30. The molecular formula is C6H10O6. The van der Waals surface area contributed by atoms with E-state index in [1.165, 1.54) is 0 Å². The quantitative estimate of drug-likeness (QED) is 0.279. The first-order valence-corrected chi connectivity index (χ1v) is 3.20. The molecule has 0 aliphatic carbocycles. The van der Waals surface area contributed by atoms with Gasteiger partial charge in [0.25, 0.3) is 0 Å². The Bertz CT molecular complexity index is 145. The molecule has 0 saturated carbocycles. The highest BCUT2D eigenvalue weighted by Gasteiger charge is 2.05. The normalized spacial score (nSPS) is 12.2. The first-order chi connectivity index (χ1) is 5.70. The Kier molecular flexibility index (Phi) is 6.16. The maximum Gasteiger partial charge on any atom is 0.339 e. The second kappa shape index (κ2) is 6.71. The van der Waals surface area contributed by atoms with Crippen molar-refractivity contribution in [2.45, 2.75) is 6.10 Å². The van der Waals surface area contributed by atoms with Crippen molar-refractivity contribution in [1.29, 1.82) is 0 Å². The molecule has 0 aromatic heterocycles. The predicted molar refractivity (Wildman–Crippen MR) is 36.1 cm³/mol. The Hall–Kier alpha value is -0.980. The van der Waals surface area contributed by atoms with Crippen LogP contribution in [0.3, 0.4) is 0 Å². The third-order valence-electron chi connectivity index (χ3n) is 0.920. The second-order valence-electron chi connectivity index (χ2n) is 1.94. The van der Waals surface area contributed by atoms with E-state index in [0.29, 0.717) is 0 Å². The fourth-order valence-corrected chi connectivity index (χ4v) is 0.419. The van der Waals surface area contributed by atoms with Crippen LogP contribution in [0.25, 0.3) is 0 Å². The number of carbonyl (C=O) groups excluding carboxylic acids is 2. The summed E-state index contributed by atoms with van der Waals surface area (Å²) in [7, 11) is 0. The topological polar surface area (TPSA) is 93.1 Å². The molecule has 0 rings (SSSR count). The Labute approximate surface area is 68.7 Å². The summed E-state index contributed by atoms with van der Waals surface area (Å²) in [5.74, 6) is -0.838. The number of aliphatic hydroxyl groups is 2. The lowest BCUT2D eigenvalue weighted by atomic mass is 10.4. The molecule has 0 aliphatic heterocycles. The fraction of sp³-hybridized carbons (Fsp3) is 0.667. The molecule has 0 amide bonds. The van der Waals surface area contributed by atoms with Crippen LogP contribution >= 0.6 is 0 Å². The minimum absolute atomic E-state index is 0.00579. The number of ether oxygens (including phenoxy) is 2. The molecular weight excluding hydrogens is 168 g/mol. The zero-order chi connectivity index (χ0) is 9.40. The molecule has 0 spiro atoms. The second-order valence-corrected chi connectivity index (χ2v) is 1.94. The third-order valence-corrected chi connectivity index (χ3v) is 0.920. The lowest BCUT2D eigenvalue weighted by molar-refractivity contribution is -0.156. The number of rotatable bonds is 6. The molecule has 0 saturated heterocycles. The van der Waals surface area contributed by atoms with E-state index in [9.17, 15) is 9.59 Å². The van der Waals surface area contributed by atoms with Gasteiger partial charge in [-0.25, -0.2) is 4.79 Å². The van der Waals surface area contributed by atoms with Gasteiger partial charge < -0.3 is 19.7 Å². The van der Waals surface area contributed by atoms with Crippen molar-refractivity contribution in [2.75, 3.05) is 19.8 Å². The van der Waals surface area contributed by atoms with Crippen molar-refractivity contribution >= 4 is 12.4 Å². The van der Waals surface area contributed by atoms with E-state index in [-0.39, 0.29) is 13.1 Å². The van der Waals surface area contributed by atoms with E-state index >= 15 is 0 Å². The maximum atomic E-state index is 10.4. The van der Waals surface area contributed by atoms with Crippen LogP contribution in [-0.2, 0) is 19.1 Å². The molecule has 6 nitrogen and oxygen atoms in total. The standard InChI is InChI=1S/C6H10O6/c7-1-5(9)2-11-3-6(10)12-4-8/h4-5,7,9H,1-3H2. The first-order valence-electron chi connectivity index (χ1n) is 3.20. The van der Waals surface area contributed by atoms with Crippen LogP contribution in [0, 0.1) is 0 Å². The monoisotopic (exact) mass is 178 g/mol. The van der Waals surface area contributed by atoms with Crippen molar-refractivity contribution in [1.82, 2.24) is 0 Å². The van der Waals surface area contributed by atoms with Gasteiger partial charge in [-0.3, -0.25) is 4.79 Å². The maximum absolute atomic E-state index is 10.4.